The number of carbonyl (C=O) groups excluding carboxylic acids is 1. The monoisotopic (exact) mass is 332 g/mol. The molecule has 2 saturated heterocycles. The highest BCUT2D eigenvalue weighted by Crippen LogP contribution is 2.33. The van der Waals surface area contributed by atoms with E-state index < -0.39 is 0 Å². The van der Waals surface area contributed by atoms with Crippen molar-refractivity contribution in [3.05, 3.63) is 17.5 Å². The first kappa shape index (κ1) is 16.1. The van der Waals surface area contributed by atoms with Gasteiger partial charge in [-0.25, -0.2) is 0 Å². The van der Waals surface area contributed by atoms with Gasteiger partial charge in [0.25, 0.3) is 0 Å². The summed E-state index contributed by atoms with van der Waals surface area (Å²) in [6.07, 6.45) is 4.82. The van der Waals surface area contributed by atoms with Crippen LogP contribution < -0.4 is 0 Å². The maximum atomic E-state index is 12.2. The van der Waals surface area contributed by atoms with Crippen molar-refractivity contribution >= 4 is 5.91 Å². The molecular weight excluding hydrogens is 304 g/mol. The highest BCUT2D eigenvalue weighted by atomic mass is 16.3. The second-order valence-electron chi connectivity index (χ2n) is 7.86. The first-order valence-corrected chi connectivity index (χ1v) is 9.32. The Hall–Kier alpha value is -1.40. The van der Waals surface area contributed by atoms with E-state index in [1.807, 2.05) is 6.92 Å². The normalized spacial score (nSPS) is 29.3. The van der Waals surface area contributed by atoms with E-state index in [1.165, 1.54) is 0 Å². The van der Waals surface area contributed by atoms with Crippen LogP contribution >= 0.6 is 0 Å². The molecule has 3 heterocycles. The summed E-state index contributed by atoms with van der Waals surface area (Å²) in [5.74, 6) is 0.970. The Balaban J connectivity index is 1.29. The molecule has 2 N–H and O–H groups in total. The van der Waals surface area contributed by atoms with E-state index in [9.17, 15) is 9.90 Å². The number of aromatic nitrogens is 2. The summed E-state index contributed by atoms with van der Waals surface area (Å²) in [5, 5.41) is 17.7. The number of aliphatic hydroxyl groups is 1. The Kier molecular flexibility index (Phi) is 4.35. The van der Waals surface area contributed by atoms with E-state index in [0.29, 0.717) is 17.9 Å². The molecule has 1 saturated carbocycles. The zero-order valence-corrected chi connectivity index (χ0v) is 14.4. The van der Waals surface area contributed by atoms with Gasteiger partial charge in [0.2, 0.25) is 5.91 Å². The molecule has 132 valence electrons. The first-order chi connectivity index (χ1) is 11.6. The van der Waals surface area contributed by atoms with Gasteiger partial charge in [-0.15, -0.1) is 0 Å². The summed E-state index contributed by atoms with van der Waals surface area (Å²) >= 11 is 0. The van der Waals surface area contributed by atoms with Gasteiger partial charge in [-0.3, -0.25) is 14.8 Å². The number of carbonyl (C=O) groups is 1. The number of β-amino-alcohol motifs (C(OH)–C–C–N with tert-alkyl or cyclic N) is 1. The summed E-state index contributed by atoms with van der Waals surface area (Å²) in [5.41, 5.74) is 2.12. The predicted molar refractivity (Wildman–Crippen MR) is 90.4 cm³/mol. The third-order valence-electron chi connectivity index (χ3n) is 5.88. The largest absolute Gasteiger partial charge is 0.391 e. The molecule has 0 radical (unpaired) electrons. The van der Waals surface area contributed by atoms with Gasteiger partial charge < -0.3 is 10.0 Å². The topological polar surface area (TPSA) is 72.5 Å². The summed E-state index contributed by atoms with van der Waals surface area (Å²) in [4.78, 5) is 16.7. The molecule has 0 bridgehead atoms. The van der Waals surface area contributed by atoms with Gasteiger partial charge in [0.1, 0.15) is 0 Å². The second-order valence-corrected chi connectivity index (χ2v) is 7.86. The van der Waals surface area contributed by atoms with Gasteiger partial charge >= 0.3 is 0 Å². The molecular formula is C18H28N4O2. The quantitative estimate of drug-likeness (QED) is 0.861. The van der Waals surface area contributed by atoms with Gasteiger partial charge in [-0.2, -0.15) is 5.10 Å². The van der Waals surface area contributed by atoms with E-state index in [4.69, 9.17) is 0 Å². The number of hydrogen-bond acceptors (Lipinski definition) is 4. The standard InChI is InChI=1S/C18H28N4O2/c1-12-8-15(20-19-12)9-14-10-22(11-17(14)23)16-4-6-21(7-5-16)18(24)13-2-3-13/h8,13-14,16-17,23H,2-7,9-11H2,1H3,(H,19,20)/t14-,17-/m1/s1. The zero-order valence-electron chi connectivity index (χ0n) is 14.4. The third-order valence-corrected chi connectivity index (χ3v) is 5.88. The summed E-state index contributed by atoms with van der Waals surface area (Å²) in [6.45, 7) is 5.47. The van der Waals surface area contributed by atoms with Crippen LogP contribution in [-0.4, -0.2) is 69.3 Å². The minimum atomic E-state index is -0.270. The smallest absolute Gasteiger partial charge is 0.225 e. The minimum absolute atomic E-state index is 0.263. The lowest BCUT2D eigenvalue weighted by Crippen LogP contribution is -2.46. The Bertz CT molecular complexity index is 590. The molecule has 6 heteroatoms. The fourth-order valence-electron chi connectivity index (χ4n) is 4.27. The highest BCUT2D eigenvalue weighted by molar-refractivity contribution is 5.81. The van der Waals surface area contributed by atoms with Crippen LogP contribution in [0.1, 0.15) is 37.1 Å². The fourth-order valence-corrected chi connectivity index (χ4v) is 4.27. The van der Waals surface area contributed by atoms with Crippen molar-refractivity contribution in [2.45, 2.75) is 51.2 Å². The Morgan fingerprint density at radius 3 is 2.67 bits per heavy atom. The molecule has 1 aromatic rings. The van der Waals surface area contributed by atoms with Crippen LogP contribution in [0.15, 0.2) is 6.07 Å². The number of aryl methyl sites for hydroxylation is 1. The lowest BCUT2D eigenvalue weighted by atomic mass is 10.00. The first-order valence-electron chi connectivity index (χ1n) is 9.32. The maximum absolute atomic E-state index is 12.2. The molecule has 0 spiro atoms. The van der Waals surface area contributed by atoms with Crippen molar-refractivity contribution in [3.63, 3.8) is 0 Å². The third kappa shape index (κ3) is 3.35. The molecule has 2 aliphatic heterocycles. The van der Waals surface area contributed by atoms with Gasteiger partial charge in [-0.1, -0.05) is 0 Å². The number of nitrogens with one attached hydrogen (secondary N) is 1. The molecule has 2 atom stereocenters. The Labute approximate surface area is 143 Å². The predicted octanol–water partition coefficient (Wildman–Crippen LogP) is 0.954. The maximum Gasteiger partial charge on any atom is 0.225 e. The Morgan fingerprint density at radius 1 is 1.29 bits per heavy atom. The van der Waals surface area contributed by atoms with E-state index in [-0.39, 0.29) is 12.0 Å². The van der Waals surface area contributed by atoms with Gasteiger partial charge in [0.15, 0.2) is 0 Å². The van der Waals surface area contributed by atoms with Crippen LogP contribution in [0.3, 0.4) is 0 Å². The van der Waals surface area contributed by atoms with Crippen molar-refractivity contribution < 1.29 is 9.90 Å². The average molecular weight is 332 g/mol. The molecule has 6 nitrogen and oxygen atoms in total. The molecule has 3 aliphatic rings. The zero-order chi connectivity index (χ0) is 16.7. The molecule has 4 rings (SSSR count). The number of hydrogen-bond donors (Lipinski definition) is 2. The summed E-state index contributed by atoms with van der Waals surface area (Å²) in [6, 6.07) is 2.57. The average Bonchev–Trinajstić information content (AvgIpc) is 3.26. The van der Waals surface area contributed by atoms with E-state index >= 15 is 0 Å². The number of aromatic amines is 1. The number of nitrogens with zero attached hydrogens (tertiary/aromatic N) is 3. The molecule has 3 fully saturated rings. The molecule has 24 heavy (non-hydrogen) atoms. The van der Waals surface area contributed by atoms with E-state index in [0.717, 1.165) is 69.7 Å². The van der Waals surface area contributed by atoms with Crippen LogP contribution in [0, 0.1) is 18.8 Å². The Morgan fingerprint density at radius 2 is 2.04 bits per heavy atom. The van der Waals surface area contributed by atoms with Crippen molar-refractivity contribution in [3.8, 4) is 0 Å². The van der Waals surface area contributed by atoms with Crippen molar-refractivity contribution in [1.82, 2.24) is 20.0 Å². The molecule has 1 amide bonds. The lowest BCUT2D eigenvalue weighted by molar-refractivity contribution is -0.134. The van der Waals surface area contributed by atoms with Gasteiger partial charge in [-0.05, 0) is 45.1 Å². The minimum Gasteiger partial charge on any atom is -0.391 e. The second kappa shape index (κ2) is 6.48. The van der Waals surface area contributed by atoms with E-state index in [2.05, 4.69) is 26.1 Å². The van der Waals surface area contributed by atoms with Crippen LogP contribution in [0.4, 0.5) is 0 Å². The van der Waals surface area contributed by atoms with Crippen LogP contribution in [0.25, 0.3) is 0 Å². The molecule has 1 aliphatic carbocycles. The number of aliphatic hydroxyl groups excluding tert-OH is 1. The van der Waals surface area contributed by atoms with Crippen LogP contribution in [0.2, 0.25) is 0 Å². The van der Waals surface area contributed by atoms with Crippen molar-refractivity contribution in [2.24, 2.45) is 11.8 Å². The van der Waals surface area contributed by atoms with Gasteiger partial charge in [0.05, 0.1) is 11.8 Å². The molecule has 0 aromatic carbocycles. The molecule has 0 unspecified atom stereocenters. The van der Waals surface area contributed by atoms with E-state index in [1.54, 1.807) is 0 Å². The highest BCUT2D eigenvalue weighted by Gasteiger charge is 2.39. The number of rotatable bonds is 4. The number of amides is 1. The fraction of sp³-hybridized carbons (Fsp3) is 0.778. The van der Waals surface area contributed by atoms with Gasteiger partial charge in [0, 0.05) is 49.8 Å². The lowest BCUT2D eigenvalue weighted by Gasteiger charge is -2.37. The van der Waals surface area contributed by atoms with Crippen LogP contribution in [0.5, 0.6) is 0 Å². The van der Waals surface area contributed by atoms with Crippen molar-refractivity contribution in [2.75, 3.05) is 26.2 Å². The summed E-state index contributed by atoms with van der Waals surface area (Å²) < 4.78 is 0. The van der Waals surface area contributed by atoms with Crippen LogP contribution in [-0.2, 0) is 11.2 Å². The number of piperidine rings is 1. The molecule has 1 aromatic heterocycles. The van der Waals surface area contributed by atoms with Crippen molar-refractivity contribution in [1.29, 1.82) is 0 Å². The summed E-state index contributed by atoms with van der Waals surface area (Å²) in [7, 11) is 0. The SMILES string of the molecule is Cc1cc(C[C@@H]2CN(C3CCN(C(=O)C4CC4)CC3)C[C@H]2O)n[nH]1. The number of H-pyrrole nitrogens is 1. The number of likely N-dealkylation sites (tertiary alicyclic amines) is 2.